The van der Waals surface area contributed by atoms with Crippen molar-refractivity contribution in [2.45, 2.75) is 25.3 Å². The minimum Gasteiger partial charge on any atom is -0.355 e. The summed E-state index contributed by atoms with van der Waals surface area (Å²) in [6, 6.07) is 6.06. The number of benzene rings is 1. The summed E-state index contributed by atoms with van der Waals surface area (Å²) >= 11 is 0. The van der Waals surface area contributed by atoms with Crippen LogP contribution in [-0.2, 0) is 26.0 Å². The van der Waals surface area contributed by atoms with Crippen molar-refractivity contribution < 1.29 is 22.8 Å². The molecule has 3 N–H and O–H groups in total. The van der Waals surface area contributed by atoms with Crippen LogP contribution in [0.25, 0.3) is 0 Å². The summed E-state index contributed by atoms with van der Waals surface area (Å²) in [5, 5.41) is 7.04. The lowest BCUT2D eigenvalue weighted by atomic mass is 10.1. The number of fused-ring (bicyclic) bond motifs is 1. The molecule has 0 saturated carbocycles. The second-order valence-corrected chi connectivity index (χ2v) is 8.18. The summed E-state index contributed by atoms with van der Waals surface area (Å²) in [6.45, 7) is 0.398. The van der Waals surface area contributed by atoms with Crippen molar-refractivity contribution >= 4 is 33.6 Å². The Bertz CT molecular complexity index is 839. The zero-order valence-corrected chi connectivity index (χ0v) is 14.8. The molecule has 140 valence electrons. The first-order valence-corrected chi connectivity index (χ1v) is 9.94. The van der Waals surface area contributed by atoms with E-state index in [2.05, 4.69) is 16.0 Å². The third-order valence-electron chi connectivity index (χ3n) is 4.38. The van der Waals surface area contributed by atoms with Crippen LogP contribution in [0.3, 0.4) is 0 Å². The molecule has 1 fully saturated rings. The van der Waals surface area contributed by atoms with Crippen LogP contribution in [0.5, 0.6) is 0 Å². The molecule has 0 aliphatic carbocycles. The predicted molar refractivity (Wildman–Crippen MR) is 94.0 cm³/mol. The minimum atomic E-state index is -3.52. The number of anilines is 1. The van der Waals surface area contributed by atoms with Gasteiger partial charge in [0.25, 0.3) is 5.91 Å². The van der Waals surface area contributed by atoms with Gasteiger partial charge in [0.1, 0.15) is 6.04 Å². The highest BCUT2D eigenvalue weighted by Crippen LogP contribution is 2.29. The van der Waals surface area contributed by atoms with Crippen LogP contribution in [-0.4, -0.2) is 51.1 Å². The maximum absolute atomic E-state index is 12.5. The molecule has 0 unspecified atom stereocenters. The normalized spacial score (nSPS) is 19.1. The van der Waals surface area contributed by atoms with E-state index in [0.29, 0.717) is 18.7 Å². The summed E-state index contributed by atoms with van der Waals surface area (Å²) < 4.78 is 26.4. The summed E-state index contributed by atoms with van der Waals surface area (Å²) in [5.41, 5.74) is 1.69. The molecule has 0 radical (unpaired) electrons. The molecular weight excluding hydrogens is 360 g/mol. The Balaban J connectivity index is 1.45. The second-order valence-electron chi connectivity index (χ2n) is 6.17. The summed E-state index contributed by atoms with van der Waals surface area (Å²) in [7, 11) is -3.52. The number of carbonyl (C=O) groups is 3. The van der Waals surface area contributed by atoms with Crippen LogP contribution in [0, 0.1) is 0 Å². The van der Waals surface area contributed by atoms with Gasteiger partial charge in [0.2, 0.25) is 15.9 Å². The van der Waals surface area contributed by atoms with E-state index >= 15 is 0 Å². The Hall–Kier alpha value is -2.62. The van der Waals surface area contributed by atoms with Crippen molar-refractivity contribution in [2.75, 3.05) is 23.1 Å². The molecule has 26 heavy (non-hydrogen) atoms. The number of para-hydroxylation sites is 1. The molecule has 1 aromatic carbocycles. The quantitative estimate of drug-likeness (QED) is 0.549. The molecule has 1 atom stereocenters. The van der Waals surface area contributed by atoms with Crippen LogP contribution in [0.15, 0.2) is 24.3 Å². The average molecular weight is 380 g/mol. The maximum Gasteiger partial charge on any atom is 0.322 e. The minimum absolute atomic E-state index is 0.0109. The zero-order chi connectivity index (χ0) is 18.7. The van der Waals surface area contributed by atoms with Gasteiger partial charge in [-0.1, -0.05) is 18.2 Å². The fourth-order valence-corrected chi connectivity index (χ4v) is 4.48. The van der Waals surface area contributed by atoms with Crippen molar-refractivity contribution in [3.8, 4) is 0 Å². The number of imide groups is 1. The van der Waals surface area contributed by atoms with Gasteiger partial charge in [-0.15, -0.1) is 0 Å². The number of amides is 4. The highest BCUT2D eigenvalue weighted by molar-refractivity contribution is 7.92. The van der Waals surface area contributed by atoms with Crippen molar-refractivity contribution in [1.82, 2.24) is 16.0 Å². The van der Waals surface area contributed by atoms with Crippen LogP contribution in [0.4, 0.5) is 10.5 Å². The number of rotatable bonds is 7. The Kier molecular flexibility index (Phi) is 5.12. The molecular formula is C16H20N4O5S. The number of hydrogen-bond donors (Lipinski definition) is 3. The van der Waals surface area contributed by atoms with E-state index in [1.807, 2.05) is 12.1 Å². The largest absolute Gasteiger partial charge is 0.355 e. The number of nitrogens with one attached hydrogen (secondary N) is 3. The van der Waals surface area contributed by atoms with Gasteiger partial charge < -0.3 is 10.6 Å². The molecule has 2 heterocycles. The first-order valence-electron chi connectivity index (χ1n) is 8.33. The summed E-state index contributed by atoms with van der Waals surface area (Å²) in [4.78, 5) is 34.2. The standard InChI is InChI=1S/C16H20N4O5S/c21-14(6-5-12-15(22)19-16(23)18-12)17-8-10-26(24,25)20-9-7-11-3-1-2-4-13(11)20/h1-4,12H,5-10H2,(H,17,21)(H2,18,19,22,23)/t12-/m0/s1. The van der Waals surface area contributed by atoms with Gasteiger partial charge in [-0.2, -0.15) is 0 Å². The van der Waals surface area contributed by atoms with E-state index in [9.17, 15) is 22.8 Å². The molecule has 9 nitrogen and oxygen atoms in total. The fourth-order valence-electron chi connectivity index (χ4n) is 3.05. The molecule has 4 amide bonds. The number of urea groups is 1. The van der Waals surface area contributed by atoms with Gasteiger partial charge in [-0.25, -0.2) is 13.2 Å². The summed E-state index contributed by atoms with van der Waals surface area (Å²) in [5.74, 6) is -1.03. The third kappa shape index (κ3) is 3.96. The summed E-state index contributed by atoms with van der Waals surface area (Å²) in [6.07, 6.45) is 0.859. The van der Waals surface area contributed by atoms with Gasteiger partial charge in [0.05, 0.1) is 11.4 Å². The Morgan fingerprint density at radius 1 is 1.27 bits per heavy atom. The van der Waals surface area contributed by atoms with Crippen LogP contribution in [0.1, 0.15) is 18.4 Å². The number of nitrogens with zero attached hydrogens (tertiary/aromatic N) is 1. The molecule has 2 aliphatic rings. The topological polar surface area (TPSA) is 125 Å². The number of carbonyl (C=O) groups excluding carboxylic acids is 3. The van der Waals surface area contributed by atoms with Crippen molar-refractivity contribution in [3.05, 3.63) is 29.8 Å². The van der Waals surface area contributed by atoms with Gasteiger partial charge in [-0.3, -0.25) is 19.2 Å². The molecule has 3 rings (SSSR count). The molecule has 10 heteroatoms. The number of hydrogen-bond acceptors (Lipinski definition) is 5. The highest BCUT2D eigenvalue weighted by Gasteiger charge is 2.30. The first kappa shape index (κ1) is 18.2. The molecule has 1 saturated heterocycles. The third-order valence-corrected chi connectivity index (χ3v) is 6.15. The van der Waals surface area contributed by atoms with E-state index in [1.165, 1.54) is 4.31 Å². The molecule has 0 bridgehead atoms. The molecule has 0 spiro atoms. The maximum atomic E-state index is 12.5. The number of sulfonamides is 1. The van der Waals surface area contributed by atoms with Crippen LogP contribution in [0.2, 0.25) is 0 Å². The lowest BCUT2D eigenvalue weighted by Crippen LogP contribution is -2.37. The van der Waals surface area contributed by atoms with Crippen molar-refractivity contribution in [1.29, 1.82) is 0 Å². The van der Waals surface area contributed by atoms with E-state index in [1.54, 1.807) is 12.1 Å². The van der Waals surface area contributed by atoms with E-state index < -0.39 is 28.0 Å². The van der Waals surface area contributed by atoms with Gasteiger partial charge >= 0.3 is 6.03 Å². The van der Waals surface area contributed by atoms with Gasteiger partial charge in [-0.05, 0) is 24.5 Å². The second kappa shape index (κ2) is 7.32. The van der Waals surface area contributed by atoms with Gasteiger partial charge in [0.15, 0.2) is 0 Å². The Morgan fingerprint density at radius 3 is 2.77 bits per heavy atom. The first-order chi connectivity index (χ1) is 12.4. The predicted octanol–water partition coefficient (Wildman–Crippen LogP) is -0.517. The Labute approximate surface area is 151 Å². The van der Waals surface area contributed by atoms with Crippen LogP contribution >= 0.6 is 0 Å². The van der Waals surface area contributed by atoms with Gasteiger partial charge in [0, 0.05) is 19.5 Å². The molecule has 1 aromatic rings. The zero-order valence-electron chi connectivity index (χ0n) is 14.0. The Morgan fingerprint density at radius 2 is 2.04 bits per heavy atom. The average Bonchev–Trinajstić information content (AvgIpc) is 3.16. The fraction of sp³-hybridized carbons (Fsp3) is 0.438. The molecule has 2 aliphatic heterocycles. The van der Waals surface area contributed by atoms with Crippen LogP contribution < -0.4 is 20.3 Å². The molecule has 0 aromatic heterocycles. The SMILES string of the molecule is O=C(CC[C@@H]1NC(=O)NC1=O)NCCS(=O)(=O)N1CCc2ccccc21. The highest BCUT2D eigenvalue weighted by atomic mass is 32.2. The lowest BCUT2D eigenvalue weighted by molar-refractivity contribution is -0.122. The lowest BCUT2D eigenvalue weighted by Gasteiger charge is -2.19. The smallest absolute Gasteiger partial charge is 0.322 e. The van der Waals surface area contributed by atoms with Crippen molar-refractivity contribution in [2.24, 2.45) is 0 Å². The monoisotopic (exact) mass is 380 g/mol. The van der Waals surface area contributed by atoms with E-state index in [0.717, 1.165) is 5.56 Å². The van der Waals surface area contributed by atoms with E-state index in [-0.39, 0.29) is 31.0 Å². The van der Waals surface area contributed by atoms with Crippen molar-refractivity contribution in [3.63, 3.8) is 0 Å². The van der Waals surface area contributed by atoms with E-state index in [4.69, 9.17) is 0 Å².